The van der Waals surface area contributed by atoms with Crippen LogP contribution in [0.3, 0.4) is 0 Å². The number of carbonyl (C=O) groups excluding carboxylic acids is 1. The highest BCUT2D eigenvalue weighted by atomic mass is 35.5. The second-order valence-corrected chi connectivity index (χ2v) is 8.36. The van der Waals surface area contributed by atoms with Gasteiger partial charge in [-0.15, -0.1) is 0 Å². The number of anilines is 2. The number of ether oxygens (including phenoxy) is 1. The molecule has 1 amide bonds. The Kier molecular flexibility index (Phi) is 7.15. The van der Waals surface area contributed by atoms with E-state index in [1.165, 1.54) is 6.42 Å². The molecule has 1 unspecified atom stereocenters. The normalized spacial score (nSPS) is 21.8. The molecule has 2 fully saturated rings. The number of piperidine rings is 1. The number of amides is 1. The second kappa shape index (κ2) is 10.2. The van der Waals surface area contributed by atoms with Gasteiger partial charge >= 0.3 is 0 Å². The van der Waals surface area contributed by atoms with E-state index in [2.05, 4.69) is 20.9 Å². The summed E-state index contributed by atoms with van der Waals surface area (Å²) in [6.45, 7) is 4.16. The molecule has 0 aliphatic carbocycles. The molecule has 3 N–H and O–H groups in total. The molecule has 2 atom stereocenters. The van der Waals surface area contributed by atoms with Gasteiger partial charge in [0.05, 0.1) is 23.2 Å². The summed E-state index contributed by atoms with van der Waals surface area (Å²) in [7, 11) is 0. The van der Waals surface area contributed by atoms with Gasteiger partial charge in [-0.3, -0.25) is 4.79 Å². The van der Waals surface area contributed by atoms with Crippen LogP contribution in [0.5, 0.6) is 0 Å². The van der Waals surface area contributed by atoms with Crippen molar-refractivity contribution in [1.82, 2.24) is 15.3 Å². The minimum Gasteiger partial charge on any atom is -0.381 e. The predicted molar refractivity (Wildman–Crippen MR) is 119 cm³/mol. The first kappa shape index (κ1) is 21.0. The number of hydrogen-bond donors (Lipinski definition) is 3. The molecular weight excluding hydrogens is 402 g/mol. The summed E-state index contributed by atoms with van der Waals surface area (Å²) >= 11 is 6.40. The molecule has 0 bridgehead atoms. The third kappa shape index (κ3) is 5.47. The smallest absolute Gasteiger partial charge is 0.229 e. The molecular formula is C22H28ClN5O2. The lowest BCUT2D eigenvalue weighted by molar-refractivity contribution is -0.120. The van der Waals surface area contributed by atoms with Crippen molar-refractivity contribution < 1.29 is 9.53 Å². The van der Waals surface area contributed by atoms with Crippen molar-refractivity contribution >= 4 is 29.1 Å². The fraction of sp³-hybridized carbons (Fsp3) is 0.500. The number of nitrogens with zero attached hydrogens (tertiary/aromatic N) is 2. The molecule has 2 aliphatic heterocycles. The average Bonchev–Trinajstić information content (AvgIpc) is 2.80. The van der Waals surface area contributed by atoms with E-state index in [1.807, 2.05) is 18.2 Å². The summed E-state index contributed by atoms with van der Waals surface area (Å²) in [4.78, 5) is 21.5. The van der Waals surface area contributed by atoms with Crippen LogP contribution in [0.1, 0.15) is 25.7 Å². The zero-order valence-electron chi connectivity index (χ0n) is 17.0. The Labute approximate surface area is 182 Å². The molecule has 2 aromatic rings. The number of rotatable bonds is 6. The lowest BCUT2D eigenvalue weighted by atomic mass is 9.99. The van der Waals surface area contributed by atoms with Crippen molar-refractivity contribution in [3.8, 4) is 11.3 Å². The van der Waals surface area contributed by atoms with E-state index in [-0.39, 0.29) is 11.8 Å². The molecule has 4 heterocycles. The van der Waals surface area contributed by atoms with Crippen LogP contribution < -0.4 is 16.0 Å². The minimum atomic E-state index is -0.0332. The largest absolute Gasteiger partial charge is 0.381 e. The number of pyridine rings is 2. The van der Waals surface area contributed by atoms with Crippen LogP contribution in [0.15, 0.2) is 30.5 Å². The summed E-state index contributed by atoms with van der Waals surface area (Å²) in [6, 6.07) is 7.59. The third-order valence-corrected chi connectivity index (χ3v) is 5.93. The van der Waals surface area contributed by atoms with Gasteiger partial charge in [-0.2, -0.15) is 0 Å². The maximum absolute atomic E-state index is 12.5. The highest BCUT2D eigenvalue weighted by Crippen LogP contribution is 2.29. The monoisotopic (exact) mass is 429 g/mol. The van der Waals surface area contributed by atoms with Gasteiger partial charge in [-0.05, 0) is 56.3 Å². The summed E-state index contributed by atoms with van der Waals surface area (Å²) in [6.07, 6.45) is 5.74. The summed E-state index contributed by atoms with van der Waals surface area (Å²) in [5.41, 5.74) is 1.48. The summed E-state index contributed by atoms with van der Waals surface area (Å²) in [5, 5.41) is 10.1. The van der Waals surface area contributed by atoms with E-state index >= 15 is 0 Å². The SMILES string of the molecule is O=C(Nc1cc(-c2cccc(NCC3CCCOC3)n2)c(Cl)cn1)[C@@H]1CCCNC1. The number of halogens is 1. The van der Waals surface area contributed by atoms with Gasteiger partial charge in [0.15, 0.2) is 0 Å². The van der Waals surface area contributed by atoms with Gasteiger partial charge in [0.2, 0.25) is 5.91 Å². The van der Waals surface area contributed by atoms with Crippen molar-refractivity contribution in [2.75, 3.05) is 43.5 Å². The van der Waals surface area contributed by atoms with Crippen molar-refractivity contribution in [3.63, 3.8) is 0 Å². The summed E-state index contributed by atoms with van der Waals surface area (Å²) < 4.78 is 5.54. The third-order valence-electron chi connectivity index (χ3n) is 5.63. The first-order valence-electron chi connectivity index (χ1n) is 10.7. The lowest BCUT2D eigenvalue weighted by Crippen LogP contribution is -2.37. The molecule has 2 aliphatic rings. The van der Waals surface area contributed by atoms with Crippen LogP contribution in [-0.4, -0.2) is 48.7 Å². The molecule has 160 valence electrons. The van der Waals surface area contributed by atoms with Crippen molar-refractivity contribution in [2.24, 2.45) is 11.8 Å². The molecule has 0 radical (unpaired) electrons. The van der Waals surface area contributed by atoms with Gasteiger partial charge in [-0.1, -0.05) is 17.7 Å². The van der Waals surface area contributed by atoms with Crippen LogP contribution in [0.25, 0.3) is 11.3 Å². The van der Waals surface area contributed by atoms with E-state index in [0.717, 1.165) is 62.6 Å². The Hall–Kier alpha value is -2.22. The lowest BCUT2D eigenvalue weighted by Gasteiger charge is -2.22. The first-order chi connectivity index (χ1) is 14.7. The van der Waals surface area contributed by atoms with Crippen molar-refractivity contribution in [2.45, 2.75) is 25.7 Å². The predicted octanol–water partition coefficient (Wildman–Crippen LogP) is 3.57. The highest BCUT2D eigenvalue weighted by Gasteiger charge is 2.21. The molecule has 0 saturated carbocycles. The quantitative estimate of drug-likeness (QED) is 0.650. The molecule has 0 spiro atoms. The van der Waals surface area contributed by atoms with Gasteiger partial charge < -0.3 is 20.7 Å². The van der Waals surface area contributed by atoms with Crippen LogP contribution in [0.4, 0.5) is 11.6 Å². The fourth-order valence-corrected chi connectivity index (χ4v) is 4.11. The Morgan fingerprint density at radius 2 is 2.20 bits per heavy atom. The van der Waals surface area contributed by atoms with Crippen molar-refractivity contribution in [1.29, 1.82) is 0 Å². The van der Waals surface area contributed by atoms with Crippen LogP contribution >= 0.6 is 11.6 Å². The molecule has 8 heteroatoms. The molecule has 2 saturated heterocycles. The first-order valence-corrected chi connectivity index (χ1v) is 11.0. The molecule has 0 aromatic carbocycles. The molecule has 30 heavy (non-hydrogen) atoms. The van der Waals surface area contributed by atoms with E-state index in [4.69, 9.17) is 21.3 Å². The van der Waals surface area contributed by atoms with Crippen LogP contribution in [0.2, 0.25) is 5.02 Å². The Morgan fingerprint density at radius 3 is 3.00 bits per heavy atom. The Bertz CT molecular complexity index is 866. The number of carbonyl (C=O) groups is 1. The Morgan fingerprint density at radius 1 is 1.27 bits per heavy atom. The number of hydrogen-bond acceptors (Lipinski definition) is 6. The zero-order valence-corrected chi connectivity index (χ0v) is 17.8. The van der Waals surface area contributed by atoms with E-state index in [0.29, 0.717) is 23.3 Å². The van der Waals surface area contributed by atoms with Gasteiger partial charge in [-0.25, -0.2) is 9.97 Å². The standard InChI is InChI=1S/C22H28ClN5O2/c23-18-13-26-21(28-22(29)16-5-2-8-24-12-16)10-17(18)19-6-1-7-20(27-19)25-11-15-4-3-9-30-14-15/h1,6-7,10,13,15-16,24H,2-5,8-9,11-12,14H2,(H,25,27)(H,26,28,29)/t15?,16-/m1/s1. The van der Waals surface area contributed by atoms with Gasteiger partial charge in [0, 0.05) is 31.5 Å². The van der Waals surface area contributed by atoms with E-state index in [1.54, 1.807) is 12.3 Å². The zero-order chi connectivity index (χ0) is 20.8. The topological polar surface area (TPSA) is 88.2 Å². The molecule has 2 aromatic heterocycles. The van der Waals surface area contributed by atoms with Gasteiger partial charge in [0.1, 0.15) is 11.6 Å². The minimum absolute atomic E-state index is 0.0129. The average molecular weight is 430 g/mol. The fourth-order valence-electron chi connectivity index (χ4n) is 3.91. The maximum Gasteiger partial charge on any atom is 0.229 e. The maximum atomic E-state index is 12.5. The van der Waals surface area contributed by atoms with Crippen LogP contribution in [-0.2, 0) is 9.53 Å². The van der Waals surface area contributed by atoms with Crippen molar-refractivity contribution in [3.05, 3.63) is 35.5 Å². The number of nitrogens with one attached hydrogen (secondary N) is 3. The van der Waals surface area contributed by atoms with Gasteiger partial charge in [0.25, 0.3) is 0 Å². The van der Waals surface area contributed by atoms with Crippen LogP contribution in [0, 0.1) is 11.8 Å². The second-order valence-electron chi connectivity index (χ2n) is 7.95. The van der Waals surface area contributed by atoms with E-state index in [9.17, 15) is 4.79 Å². The highest BCUT2D eigenvalue weighted by molar-refractivity contribution is 6.33. The Balaban J connectivity index is 1.45. The van der Waals surface area contributed by atoms with E-state index < -0.39 is 0 Å². The number of aromatic nitrogens is 2. The molecule has 4 rings (SSSR count). The molecule has 7 nitrogen and oxygen atoms in total. The summed E-state index contributed by atoms with van der Waals surface area (Å²) in [5.74, 6) is 1.74.